The average Bonchev–Trinajstić information content (AvgIpc) is 2.36. The minimum absolute atomic E-state index is 0.286. The number of carbonyl (C=O) groups is 2. The molecule has 0 aliphatic heterocycles. The SMILES string of the molecule is CC(C)(C)OC(=O)N[C@@H](Cc1ccc(N)cc1)C(=O)OC(C)(C)C. The number of alkyl carbamates (subject to hydrolysis) is 1. The van der Waals surface area contributed by atoms with Gasteiger partial charge in [0.15, 0.2) is 0 Å². The topological polar surface area (TPSA) is 90.6 Å². The van der Waals surface area contributed by atoms with Crippen LogP contribution in [-0.2, 0) is 20.7 Å². The molecule has 3 N–H and O–H groups in total. The van der Waals surface area contributed by atoms with Gasteiger partial charge in [0.2, 0.25) is 0 Å². The summed E-state index contributed by atoms with van der Waals surface area (Å²) in [5, 5.41) is 2.59. The molecule has 1 atom stereocenters. The van der Waals surface area contributed by atoms with Crippen LogP contribution in [0.2, 0.25) is 0 Å². The lowest BCUT2D eigenvalue weighted by Crippen LogP contribution is -2.47. The van der Waals surface area contributed by atoms with E-state index >= 15 is 0 Å². The van der Waals surface area contributed by atoms with E-state index in [1.165, 1.54) is 0 Å². The second-order valence-electron chi connectivity index (χ2n) is 7.68. The Bertz CT molecular complexity index is 568. The Morgan fingerprint density at radius 2 is 1.50 bits per heavy atom. The zero-order chi connectivity index (χ0) is 18.5. The molecule has 0 heterocycles. The van der Waals surface area contributed by atoms with E-state index in [4.69, 9.17) is 15.2 Å². The number of rotatable bonds is 4. The number of amides is 1. The number of ether oxygens (including phenoxy) is 2. The van der Waals surface area contributed by atoms with Crippen LogP contribution in [0.15, 0.2) is 24.3 Å². The highest BCUT2D eigenvalue weighted by molar-refractivity contribution is 5.82. The first-order chi connectivity index (χ1) is 10.9. The van der Waals surface area contributed by atoms with E-state index in [2.05, 4.69) is 5.32 Å². The summed E-state index contributed by atoms with van der Waals surface area (Å²) in [6.45, 7) is 10.6. The smallest absolute Gasteiger partial charge is 0.408 e. The summed E-state index contributed by atoms with van der Waals surface area (Å²) in [7, 11) is 0. The minimum atomic E-state index is -0.845. The number of benzene rings is 1. The van der Waals surface area contributed by atoms with Gasteiger partial charge in [0.1, 0.15) is 17.2 Å². The van der Waals surface area contributed by atoms with Crippen molar-refractivity contribution in [2.75, 3.05) is 5.73 Å². The largest absolute Gasteiger partial charge is 0.458 e. The molecule has 0 spiro atoms. The molecule has 0 aliphatic rings. The highest BCUT2D eigenvalue weighted by atomic mass is 16.6. The van der Waals surface area contributed by atoms with Crippen LogP contribution in [0.5, 0.6) is 0 Å². The highest BCUT2D eigenvalue weighted by Crippen LogP contribution is 2.14. The number of nitrogen functional groups attached to an aromatic ring is 1. The minimum Gasteiger partial charge on any atom is -0.458 e. The number of hydrogen-bond acceptors (Lipinski definition) is 5. The highest BCUT2D eigenvalue weighted by Gasteiger charge is 2.28. The number of carbonyl (C=O) groups excluding carboxylic acids is 2. The number of esters is 1. The molecule has 1 aromatic rings. The molecule has 24 heavy (non-hydrogen) atoms. The van der Waals surface area contributed by atoms with E-state index in [-0.39, 0.29) is 6.42 Å². The Labute approximate surface area is 143 Å². The van der Waals surface area contributed by atoms with Crippen molar-refractivity contribution in [3.63, 3.8) is 0 Å². The van der Waals surface area contributed by atoms with E-state index < -0.39 is 29.3 Å². The molecule has 0 radical (unpaired) electrons. The summed E-state index contributed by atoms with van der Waals surface area (Å²) in [6.07, 6.45) is -0.372. The Morgan fingerprint density at radius 1 is 1.00 bits per heavy atom. The van der Waals surface area contributed by atoms with Crippen LogP contribution in [0.1, 0.15) is 47.1 Å². The van der Waals surface area contributed by atoms with Gasteiger partial charge in [0.05, 0.1) is 0 Å². The van der Waals surface area contributed by atoms with E-state index in [0.717, 1.165) is 5.56 Å². The van der Waals surface area contributed by atoms with Crippen LogP contribution < -0.4 is 11.1 Å². The molecule has 134 valence electrons. The van der Waals surface area contributed by atoms with Gasteiger partial charge in [-0.05, 0) is 59.2 Å². The summed E-state index contributed by atoms with van der Waals surface area (Å²) in [5.74, 6) is -0.509. The first-order valence-electron chi connectivity index (χ1n) is 7.92. The van der Waals surface area contributed by atoms with Gasteiger partial charge in [-0.3, -0.25) is 0 Å². The van der Waals surface area contributed by atoms with Crippen molar-refractivity contribution in [2.45, 2.75) is 65.2 Å². The Kier molecular flexibility index (Phi) is 6.23. The molecular weight excluding hydrogens is 308 g/mol. The number of nitrogens with one attached hydrogen (secondary N) is 1. The van der Waals surface area contributed by atoms with Crippen LogP contribution in [-0.4, -0.2) is 29.3 Å². The van der Waals surface area contributed by atoms with Crippen molar-refractivity contribution in [2.24, 2.45) is 0 Å². The van der Waals surface area contributed by atoms with E-state index in [1.807, 2.05) is 12.1 Å². The van der Waals surface area contributed by atoms with Crippen LogP contribution in [0.4, 0.5) is 10.5 Å². The molecule has 0 saturated heterocycles. The molecular formula is C18H28N2O4. The van der Waals surface area contributed by atoms with Crippen molar-refractivity contribution in [3.8, 4) is 0 Å². The summed E-state index contributed by atoms with van der Waals surface area (Å²) in [5.41, 5.74) is 5.86. The van der Waals surface area contributed by atoms with Gasteiger partial charge in [-0.15, -0.1) is 0 Å². The fourth-order valence-corrected chi connectivity index (χ4v) is 1.91. The lowest BCUT2D eigenvalue weighted by atomic mass is 10.1. The van der Waals surface area contributed by atoms with Crippen LogP contribution in [0, 0.1) is 0 Å². The van der Waals surface area contributed by atoms with E-state index in [0.29, 0.717) is 5.69 Å². The Morgan fingerprint density at radius 3 is 1.96 bits per heavy atom. The Hall–Kier alpha value is -2.24. The summed E-state index contributed by atoms with van der Waals surface area (Å²) in [6, 6.07) is 6.26. The molecule has 0 fully saturated rings. The average molecular weight is 336 g/mol. The molecule has 6 nitrogen and oxygen atoms in total. The van der Waals surface area contributed by atoms with Gasteiger partial charge < -0.3 is 20.5 Å². The molecule has 0 unspecified atom stereocenters. The van der Waals surface area contributed by atoms with E-state index in [9.17, 15) is 9.59 Å². The third kappa shape index (κ3) is 7.85. The first kappa shape index (κ1) is 19.8. The Balaban J connectivity index is 2.88. The third-order valence-electron chi connectivity index (χ3n) is 2.80. The fourth-order valence-electron chi connectivity index (χ4n) is 1.91. The van der Waals surface area contributed by atoms with Gasteiger partial charge in [0, 0.05) is 12.1 Å². The van der Waals surface area contributed by atoms with Crippen molar-refractivity contribution in [1.82, 2.24) is 5.32 Å². The molecule has 0 aromatic heterocycles. The van der Waals surface area contributed by atoms with Gasteiger partial charge in [-0.1, -0.05) is 12.1 Å². The molecule has 0 bridgehead atoms. The number of anilines is 1. The zero-order valence-electron chi connectivity index (χ0n) is 15.3. The van der Waals surface area contributed by atoms with Crippen molar-refractivity contribution in [3.05, 3.63) is 29.8 Å². The lowest BCUT2D eigenvalue weighted by Gasteiger charge is -2.26. The van der Waals surface area contributed by atoms with Crippen LogP contribution >= 0.6 is 0 Å². The fraction of sp³-hybridized carbons (Fsp3) is 0.556. The zero-order valence-corrected chi connectivity index (χ0v) is 15.3. The van der Waals surface area contributed by atoms with Gasteiger partial charge in [-0.25, -0.2) is 9.59 Å². The predicted octanol–water partition coefficient (Wildman–Crippen LogP) is 3.05. The standard InChI is InChI=1S/C18H28N2O4/c1-17(2,3)23-15(21)14(20-16(22)24-18(4,5)6)11-12-7-9-13(19)10-8-12/h7-10,14H,11,19H2,1-6H3,(H,20,22)/t14-/m0/s1. The summed E-state index contributed by atoms with van der Waals surface area (Å²) in [4.78, 5) is 24.4. The monoisotopic (exact) mass is 336 g/mol. The lowest BCUT2D eigenvalue weighted by molar-refractivity contribution is -0.157. The van der Waals surface area contributed by atoms with Crippen molar-refractivity contribution in [1.29, 1.82) is 0 Å². The number of nitrogens with two attached hydrogens (primary N) is 1. The molecule has 1 aromatic carbocycles. The quantitative estimate of drug-likeness (QED) is 0.651. The van der Waals surface area contributed by atoms with Crippen molar-refractivity contribution >= 4 is 17.7 Å². The molecule has 1 amide bonds. The number of hydrogen-bond donors (Lipinski definition) is 2. The van der Waals surface area contributed by atoms with Gasteiger partial charge in [-0.2, -0.15) is 0 Å². The van der Waals surface area contributed by atoms with Gasteiger partial charge >= 0.3 is 12.1 Å². The predicted molar refractivity (Wildman–Crippen MR) is 93.6 cm³/mol. The molecule has 1 rings (SSSR count). The molecule has 0 saturated carbocycles. The summed E-state index contributed by atoms with van der Waals surface area (Å²) < 4.78 is 10.6. The van der Waals surface area contributed by atoms with Crippen LogP contribution in [0.3, 0.4) is 0 Å². The third-order valence-corrected chi connectivity index (χ3v) is 2.80. The maximum atomic E-state index is 12.4. The maximum absolute atomic E-state index is 12.4. The molecule has 0 aliphatic carbocycles. The second kappa shape index (κ2) is 7.55. The van der Waals surface area contributed by atoms with Crippen LogP contribution in [0.25, 0.3) is 0 Å². The summed E-state index contributed by atoms with van der Waals surface area (Å²) >= 11 is 0. The van der Waals surface area contributed by atoms with Crippen molar-refractivity contribution < 1.29 is 19.1 Å². The van der Waals surface area contributed by atoms with Gasteiger partial charge in [0.25, 0.3) is 0 Å². The second-order valence-corrected chi connectivity index (χ2v) is 7.68. The maximum Gasteiger partial charge on any atom is 0.408 e. The van der Waals surface area contributed by atoms with E-state index in [1.54, 1.807) is 53.7 Å². The normalized spacial score (nSPS) is 13.1. The molecule has 6 heteroatoms. The first-order valence-corrected chi connectivity index (χ1v) is 7.92.